The van der Waals surface area contributed by atoms with Crippen molar-refractivity contribution in [3.8, 4) is 5.75 Å². The SMILES string of the molecule is CC(CNC(=O)c1ccccc1OCc1ccccc1Br)N1CCOCC1. The van der Waals surface area contributed by atoms with Gasteiger partial charge in [-0.2, -0.15) is 0 Å². The molecule has 1 amide bonds. The van der Waals surface area contributed by atoms with Crippen molar-refractivity contribution in [1.29, 1.82) is 0 Å². The molecule has 144 valence electrons. The molecule has 1 saturated heterocycles. The fraction of sp³-hybridized carbons (Fsp3) is 0.381. The molecule has 0 radical (unpaired) electrons. The highest BCUT2D eigenvalue weighted by atomic mass is 79.9. The second-order valence-electron chi connectivity index (χ2n) is 6.58. The van der Waals surface area contributed by atoms with E-state index in [1.807, 2.05) is 42.5 Å². The summed E-state index contributed by atoms with van der Waals surface area (Å²) in [5.41, 5.74) is 1.59. The van der Waals surface area contributed by atoms with Crippen LogP contribution in [0.2, 0.25) is 0 Å². The Hall–Kier alpha value is -1.89. The Morgan fingerprint density at radius 2 is 1.89 bits per heavy atom. The minimum absolute atomic E-state index is 0.113. The number of amides is 1. The molecule has 2 aromatic carbocycles. The van der Waals surface area contributed by atoms with Crippen LogP contribution in [0.1, 0.15) is 22.8 Å². The van der Waals surface area contributed by atoms with Crippen LogP contribution in [0.5, 0.6) is 5.75 Å². The summed E-state index contributed by atoms with van der Waals surface area (Å²) in [6, 6.07) is 15.5. The molecule has 0 aliphatic carbocycles. The van der Waals surface area contributed by atoms with Gasteiger partial charge >= 0.3 is 0 Å². The second-order valence-corrected chi connectivity index (χ2v) is 7.44. The number of benzene rings is 2. The molecular weight excluding hydrogens is 408 g/mol. The van der Waals surface area contributed by atoms with E-state index in [2.05, 4.69) is 33.1 Å². The monoisotopic (exact) mass is 432 g/mol. The third kappa shape index (κ3) is 5.54. The van der Waals surface area contributed by atoms with Gasteiger partial charge in [0.1, 0.15) is 12.4 Å². The summed E-state index contributed by atoms with van der Waals surface area (Å²) in [6.07, 6.45) is 0. The molecule has 1 unspecified atom stereocenters. The van der Waals surface area contributed by atoms with Crippen LogP contribution in [0.4, 0.5) is 0 Å². The molecule has 0 aromatic heterocycles. The number of nitrogens with one attached hydrogen (secondary N) is 1. The van der Waals surface area contributed by atoms with Gasteiger partial charge in [-0.25, -0.2) is 0 Å². The summed E-state index contributed by atoms with van der Waals surface area (Å²) in [7, 11) is 0. The molecule has 27 heavy (non-hydrogen) atoms. The molecule has 6 heteroatoms. The van der Waals surface area contributed by atoms with Crippen molar-refractivity contribution < 1.29 is 14.3 Å². The Morgan fingerprint density at radius 3 is 2.67 bits per heavy atom. The molecular formula is C21H25BrN2O3. The smallest absolute Gasteiger partial charge is 0.255 e. The predicted molar refractivity (Wildman–Crippen MR) is 109 cm³/mol. The lowest BCUT2D eigenvalue weighted by molar-refractivity contribution is 0.0204. The number of hydrogen-bond donors (Lipinski definition) is 1. The molecule has 0 saturated carbocycles. The molecule has 1 fully saturated rings. The standard InChI is InChI=1S/C21H25BrN2O3/c1-16(24-10-12-26-13-11-24)14-23-21(25)18-7-3-5-9-20(18)27-15-17-6-2-4-8-19(17)22/h2-9,16H,10-15H2,1H3,(H,23,25). The number of halogens is 1. The first-order valence-corrected chi connectivity index (χ1v) is 9.99. The number of rotatable bonds is 7. The average molecular weight is 433 g/mol. The fourth-order valence-corrected chi connectivity index (χ4v) is 3.43. The highest BCUT2D eigenvalue weighted by Gasteiger charge is 2.19. The lowest BCUT2D eigenvalue weighted by atomic mass is 10.1. The van der Waals surface area contributed by atoms with Crippen molar-refractivity contribution in [1.82, 2.24) is 10.2 Å². The Kier molecular flexibility index (Phi) is 7.26. The first-order valence-electron chi connectivity index (χ1n) is 9.20. The van der Waals surface area contributed by atoms with Crippen molar-refractivity contribution >= 4 is 21.8 Å². The summed E-state index contributed by atoms with van der Waals surface area (Å²) < 4.78 is 12.3. The zero-order valence-electron chi connectivity index (χ0n) is 15.5. The van der Waals surface area contributed by atoms with Gasteiger partial charge in [-0.05, 0) is 25.1 Å². The van der Waals surface area contributed by atoms with Gasteiger partial charge in [0.25, 0.3) is 5.91 Å². The maximum Gasteiger partial charge on any atom is 0.255 e. The Balaban J connectivity index is 1.59. The fourth-order valence-electron chi connectivity index (χ4n) is 3.03. The van der Waals surface area contributed by atoms with E-state index >= 15 is 0 Å². The maximum atomic E-state index is 12.7. The number of para-hydroxylation sites is 1. The van der Waals surface area contributed by atoms with Crippen molar-refractivity contribution in [3.05, 3.63) is 64.1 Å². The number of carbonyl (C=O) groups excluding carboxylic acids is 1. The maximum absolute atomic E-state index is 12.7. The molecule has 1 aliphatic heterocycles. The van der Waals surface area contributed by atoms with Gasteiger partial charge in [-0.3, -0.25) is 9.69 Å². The van der Waals surface area contributed by atoms with E-state index in [1.165, 1.54) is 0 Å². The Bertz CT molecular complexity index is 763. The van der Waals surface area contributed by atoms with Crippen LogP contribution in [-0.2, 0) is 11.3 Å². The largest absolute Gasteiger partial charge is 0.488 e. The van der Waals surface area contributed by atoms with E-state index < -0.39 is 0 Å². The van der Waals surface area contributed by atoms with Crippen molar-refractivity contribution in [2.45, 2.75) is 19.6 Å². The first-order chi connectivity index (χ1) is 13.1. The lowest BCUT2D eigenvalue weighted by Crippen LogP contribution is -2.47. The molecule has 1 N–H and O–H groups in total. The van der Waals surface area contributed by atoms with Crippen LogP contribution in [0, 0.1) is 0 Å². The van der Waals surface area contributed by atoms with Gasteiger partial charge < -0.3 is 14.8 Å². The van der Waals surface area contributed by atoms with Crippen LogP contribution in [0.15, 0.2) is 53.0 Å². The number of nitrogens with zero attached hydrogens (tertiary/aromatic N) is 1. The van der Waals surface area contributed by atoms with E-state index in [0.29, 0.717) is 24.5 Å². The van der Waals surface area contributed by atoms with Gasteiger partial charge in [-0.15, -0.1) is 0 Å². The third-order valence-electron chi connectivity index (χ3n) is 4.70. The lowest BCUT2D eigenvalue weighted by Gasteiger charge is -2.32. The molecule has 1 heterocycles. The zero-order valence-corrected chi connectivity index (χ0v) is 17.1. The van der Waals surface area contributed by atoms with Crippen LogP contribution in [0.25, 0.3) is 0 Å². The summed E-state index contributed by atoms with van der Waals surface area (Å²) >= 11 is 3.52. The number of morpholine rings is 1. The summed E-state index contributed by atoms with van der Waals surface area (Å²) in [5.74, 6) is 0.475. The molecule has 3 rings (SSSR count). The molecule has 1 atom stereocenters. The number of carbonyl (C=O) groups is 1. The van der Waals surface area contributed by atoms with Crippen LogP contribution in [-0.4, -0.2) is 49.7 Å². The van der Waals surface area contributed by atoms with Crippen molar-refractivity contribution in [2.24, 2.45) is 0 Å². The third-order valence-corrected chi connectivity index (χ3v) is 5.47. The molecule has 0 spiro atoms. The van der Waals surface area contributed by atoms with Gasteiger partial charge in [0.2, 0.25) is 0 Å². The Labute approximate surface area is 168 Å². The van der Waals surface area contributed by atoms with Crippen LogP contribution < -0.4 is 10.1 Å². The van der Waals surface area contributed by atoms with E-state index in [9.17, 15) is 4.79 Å². The van der Waals surface area contributed by atoms with Crippen molar-refractivity contribution in [3.63, 3.8) is 0 Å². The normalized spacial score (nSPS) is 15.9. The zero-order chi connectivity index (χ0) is 19.1. The van der Waals surface area contributed by atoms with Gasteiger partial charge in [-0.1, -0.05) is 46.3 Å². The highest BCUT2D eigenvalue weighted by Crippen LogP contribution is 2.22. The average Bonchev–Trinajstić information content (AvgIpc) is 2.72. The quantitative estimate of drug-likeness (QED) is 0.727. The predicted octanol–water partition coefficient (Wildman–Crippen LogP) is 3.48. The summed E-state index contributed by atoms with van der Waals surface area (Å²) in [4.78, 5) is 15.0. The molecule has 0 bridgehead atoms. The first kappa shape index (κ1) is 19.9. The summed E-state index contributed by atoms with van der Waals surface area (Å²) in [6.45, 7) is 6.44. The molecule has 1 aliphatic rings. The van der Waals surface area contributed by atoms with E-state index in [1.54, 1.807) is 6.07 Å². The minimum Gasteiger partial charge on any atom is -0.488 e. The molecule has 5 nitrogen and oxygen atoms in total. The van der Waals surface area contributed by atoms with Gasteiger partial charge in [0.15, 0.2) is 0 Å². The van der Waals surface area contributed by atoms with Crippen LogP contribution >= 0.6 is 15.9 Å². The molecule has 2 aromatic rings. The van der Waals surface area contributed by atoms with E-state index in [0.717, 1.165) is 36.3 Å². The van der Waals surface area contributed by atoms with Gasteiger partial charge in [0, 0.05) is 35.7 Å². The number of hydrogen-bond acceptors (Lipinski definition) is 4. The minimum atomic E-state index is -0.113. The topological polar surface area (TPSA) is 50.8 Å². The van der Waals surface area contributed by atoms with Gasteiger partial charge in [0.05, 0.1) is 18.8 Å². The van der Waals surface area contributed by atoms with Crippen molar-refractivity contribution in [2.75, 3.05) is 32.8 Å². The van der Waals surface area contributed by atoms with E-state index in [4.69, 9.17) is 9.47 Å². The number of ether oxygens (including phenoxy) is 2. The van der Waals surface area contributed by atoms with E-state index in [-0.39, 0.29) is 11.9 Å². The Morgan fingerprint density at radius 1 is 1.19 bits per heavy atom. The second kappa shape index (κ2) is 9.88. The van der Waals surface area contributed by atoms with Crippen LogP contribution in [0.3, 0.4) is 0 Å². The summed E-state index contributed by atoms with van der Waals surface area (Å²) in [5, 5.41) is 3.04. The highest BCUT2D eigenvalue weighted by molar-refractivity contribution is 9.10.